The fraction of sp³-hybridized carbons (Fsp3) is 0.893. The Balaban J connectivity index is 1.54. The molecule has 0 bridgehead atoms. The molecule has 0 aromatic heterocycles. The van der Waals surface area contributed by atoms with Gasteiger partial charge in [-0.1, -0.05) is 46.3 Å². The van der Waals surface area contributed by atoms with Crippen LogP contribution in [0.15, 0.2) is 11.6 Å². The summed E-state index contributed by atoms with van der Waals surface area (Å²) in [7, 11) is 0. The lowest BCUT2D eigenvalue weighted by Crippen LogP contribution is -2.51. The van der Waals surface area contributed by atoms with Crippen LogP contribution in [0, 0.1) is 52.3 Å². The molecule has 0 radical (unpaired) electrons. The van der Waals surface area contributed by atoms with Crippen LogP contribution in [0.4, 0.5) is 0 Å². The Kier molecular flexibility index (Phi) is 6.40. The smallest absolute Gasteiger partial charge is 0.306 e. The molecular formula is C28H46O3. The summed E-state index contributed by atoms with van der Waals surface area (Å²) in [6.07, 6.45) is 13.1. The summed E-state index contributed by atoms with van der Waals surface area (Å²) in [4.78, 5) is 12.4. The monoisotopic (exact) mass is 430 g/mol. The van der Waals surface area contributed by atoms with E-state index in [9.17, 15) is 15.0 Å². The second kappa shape index (κ2) is 8.50. The fourth-order valence-corrected chi connectivity index (χ4v) is 8.62. The molecule has 4 aliphatic rings. The van der Waals surface area contributed by atoms with Gasteiger partial charge in [0.25, 0.3) is 0 Å². The number of aliphatic hydroxyl groups excluding tert-OH is 1. The Morgan fingerprint density at radius 3 is 2.48 bits per heavy atom. The van der Waals surface area contributed by atoms with Gasteiger partial charge in [0.05, 0.1) is 12.0 Å². The summed E-state index contributed by atoms with van der Waals surface area (Å²) < 4.78 is 0. The molecule has 9 atom stereocenters. The van der Waals surface area contributed by atoms with Gasteiger partial charge in [-0.05, 0) is 111 Å². The van der Waals surface area contributed by atoms with Crippen molar-refractivity contribution in [2.45, 2.75) is 105 Å². The first kappa shape index (κ1) is 23.3. The first-order valence-corrected chi connectivity index (χ1v) is 13.2. The molecule has 4 rings (SSSR count). The summed E-state index contributed by atoms with van der Waals surface area (Å²) in [6, 6.07) is 0. The van der Waals surface area contributed by atoms with E-state index in [0.717, 1.165) is 50.9 Å². The number of aliphatic hydroxyl groups is 1. The number of carboxylic acids is 1. The lowest BCUT2D eigenvalue weighted by molar-refractivity contribution is -0.147. The fourth-order valence-electron chi connectivity index (χ4n) is 8.62. The minimum absolute atomic E-state index is 0.148. The van der Waals surface area contributed by atoms with Crippen LogP contribution >= 0.6 is 0 Å². The molecule has 3 fully saturated rings. The zero-order valence-corrected chi connectivity index (χ0v) is 20.6. The second-order valence-electron chi connectivity index (χ2n) is 12.6. The van der Waals surface area contributed by atoms with Crippen molar-refractivity contribution in [3.8, 4) is 0 Å². The van der Waals surface area contributed by atoms with Crippen molar-refractivity contribution >= 4 is 5.97 Å². The molecule has 0 aromatic rings. The Bertz CT molecular complexity index is 711. The Hall–Kier alpha value is -0.830. The third-order valence-corrected chi connectivity index (χ3v) is 11.0. The normalized spacial score (nSPS) is 44.1. The van der Waals surface area contributed by atoms with Crippen LogP contribution in [0.2, 0.25) is 0 Å². The van der Waals surface area contributed by atoms with Crippen molar-refractivity contribution in [3.05, 3.63) is 11.6 Å². The first-order valence-electron chi connectivity index (χ1n) is 13.2. The van der Waals surface area contributed by atoms with Crippen molar-refractivity contribution < 1.29 is 15.0 Å². The molecule has 0 saturated heterocycles. The van der Waals surface area contributed by atoms with E-state index in [1.807, 2.05) is 0 Å². The molecule has 0 heterocycles. The highest BCUT2D eigenvalue weighted by Gasteiger charge is 2.60. The van der Waals surface area contributed by atoms with E-state index in [0.29, 0.717) is 29.6 Å². The number of fused-ring (bicyclic) bond motifs is 5. The quantitative estimate of drug-likeness (QED) is 0.461. The molecule has 0 aliphatic heterocycles. The average Bonchev–Trinajstić information content (AvgIpc) is 3.05. The van der Waals surface area contributed by atoms with Gasteiger partial charge in [-0.2, -0.15) is 0 Å². The van der Waals surface area contributed by atoms with Crippen LogP contribution in [0.25, 0.3) is 0 Å². The van der Waals surface area contributed by atoms with Gasteiger partial charge in [-0.3, -0.25) is 4.79 Å². The third-order valence-electron chi connectivity index (χ3n) is 11.0. The van der Waals surface area contributed by atoms with Gasteiger partial charge in [0, 0.05) is 0 Å². The molecule has 3 heteroatoms. The van der Waals surface area contributed by atoms with E-state index >= 15 is 0 Å². The Morgan fingerprint density at radius 1 is 1.06 bits per heavy atom. The summed E-state index contributed by atoms with van der Waals surface area (Å²) >= 11 is 0. The summed E-state index contributed by atoms with van der Waals surface area (Å²) in [5, 5.41) is 20.4. The summed E-state index contributed by atoms with van der Waals surface area (Å²) in [6.45, 7) is 11.7. The lowest BCUT2D eigenvalue weighted by Gasteiger charge is -2.58. The Labute approximate surface area is 190 Å². The van der Waals surface area contributed by atoms with Gasteiger partial charge in [-0.25, -0.2) is 0 Å². The molecule has 9 unspecified atom stereocenters. The molecule has 3 saturated carbocycles. The van der Waals surface area contributed by atoms with Gasteiger partial charge in [0.2, 0.25) is 0 Å². The third kappa shape index (κ3) is 3.91. The van der Waals surface area contributed by atoms with E-state index in [4.69, 9.17) is 0 Å². The largest absolute Gasteiger partial charge is 0.481 e. The second-order valence-corrected chi connectivity index (χ2v) is 12.6. The van der Waals surface area contributed by atoms with E-state index < -0.39 is 5.97 Å². The van der Waals surface area contributed by atoms with Crippen LogP contribution in [0.3, 0.4) is 0 Å². The van der Waals surface area contributed by atoms with Gasteiger partial charge in [-0.15, -0.1) is 0 Å². The summed E-state index contributed by atoms with van der Waals surface area (Å²) in [5.41, 5.74) is 1.97. The highest BCUT2D eigenvalue weighted by Crippen LogP contribution is 2.67. The van der Waals surface area contributed by atoms with Crippen LogP contribution in [-0.2, 0) is 4.79 Å². The lowest BCUT2D eigenvalue weighted by atomic mass is 9.47. The van der Waals surface area contributed by atoms with Gasteiger partial charge in [0.1, 0.15) is 0 Å². The van der Waals surface area contributed by atoms with Crippen molar-refractivity contribution in [1.82, 2.24) is 0 Å². The van der Waals surface area contributed by atoms with Crippen LogP contribution in [0.1, 0.15) is 98.8 Å². The number of carboxylic acid groups (broad SMARTS) is 1. The van der Waals surface area contributed by atoms with Gasteiger partial charge >= 0.3 is 5.97 Å². The maximum atomic E-state index is 12.4. The molecule has 31 heavy (non-hydrogen) atoms. The average molecular weight is 431 g/mol. The zero-order valence-electron chi connectivity index (χ0n) is 20.6. The van der Waals surface area contributed by atoms with Crippen molar-refractivity contribution in [1.29, 1.82) is 0 Å². The molecule has 2 N–H and O–H groups in total. The molecular weight excluding hydrogens is 384 g/mol. The summed E-state index contributed by atoms with van der Waals surface area (Å²) in [5.74, 6) is 2.91. The highest BCUT2D eigenvalue weighted by atomic mass is 16.4. The minimum Gasteiger partial charge on any atom is -0.481 e. The number of hydrogen-bond donors (Lipinski definition) is 2. The highest BCUT2D eigenvalue weighted by molar-refractivity contribution is 5.70. The van der Waals surface area contributed by atoms with Crippen LogP contribution < -0.4 is 0 Å². The molecule has 0 spiro atoms. The number of aliphatic carboxylic acids is 1. The van der Waals surface area contributed by atoms with E-state index in [-0.39, 0.29) is 22.9 Å². The van der Waals surface area contributed by atoms with Crippen molar-refractivity contribution in [2.24, 2.45) is 52.3 Å². The number of hydrogen-bond acceptors (Lipinski definition) is 2. The predicted octanol–water partition coefficient (Wildman–Crippen LogP) is 6.70. The molecule has 3 nitrogen and oxygen atoms in total. The standard InChI is InChI=1S/C28H46O3/c1-17(2)18(3)6-8-22(26(30)31)24-11-10-23-21-9-7-19-16-20(29)12-14-27(19,4)25(21)13-15-28(23,24)5/h7,17-18,20-25,29H,6,8-16H2,1-5H3,(H,30,31). The van der Waals surface area contributed by atoms with Gasteiger partial charge in [0.15, 0.2) is 0 Å². The van der Waals surface area contributed by atoms with Gasteiger partial charge < -0.3 is 10.2 Å². The molecule has 0 aromatic carbocycles. The van der Waals surface area contributed by atoms with Crippen LogP contribution in [0.5, 0.6) is 0 Å². The molecule has 176 valence electrons. The topological polar surface area (TPSA) is 57.5 Å². The zero-order chi connectivity index (χ0) is 22.6. The van der Waals surface area contributed by atoms with Crippen molar-refractivity contribution in [3.63, 3.8) is 0 Å². The maximum Gasteiger partial charge on any atom is 0.306 e. The van der Waals surface area contributed by atoms with E-state index in [1.54, 1.807) is 0 Å². The Morgan fingerprint density at radius 2 is 1.81 bits per heavy atom. The maximum absolute atomic E-state index is 12.4. The number of carbonyl (C=O) groups is 1. The number of allylic oxidation sites excluding steroid dienone is 1. The van der Waals surface area contributed by atoms with E-state index in [2.05, 4.69) is 40.7 Å². The predicted molar refractivity (Wildman–Crippen MR) is 126 cm³/mol. The number of rotatable bonds is 6. The first-order chi connectivity index (χ1) is 14.6. The van der Waals surface area contributed by atoms with Crippen LogP contribution in [-0.4, -0.2) is 22.3 Å². The SMILES string of the molecule is CC(C)C(C)CCC(C(=O)O)C1CCC2C3CC=C4CC(O)CCC4(C)C3CCC12C. The van der Waals surface area contributed by atoms with E-state index in [1.165, 1.54) is 24.8 Å². The minimum atomic E-state index is -0.552. The molecule has 4 aliphatic carbocycles. The molecule has 0 amide bonds. The van der Waals surface area contributed by atoms with Crippen molar-refractivity contribution in [2.75, 3.05) is 0 Å².